The minimum Gasteiger partial charge on any atom is -0.357 e. The SMILES string of the molecule is C=CCNC(=NCCc1cccs1)NCC. The third-order valence-corrected chi connectivity index (χ3v) is 2.90. The van der Waals surface area contributed by atoms with Crippen molar-refractivity contribution in [3.8, 4) is 0 Å². The van der Waals surface area contributed by atoms with Crippen molar-refractivity contribution in [2.75, 3.05) is 19.6 Å². The summed E-state index contributed by atoms with van der Waals surface area (Å²) >= 11 is 1.78. The van der Waals surface area contributed by atoms with Gasteiger partial charge in [0.05, 0.1) is 0 Å². The van der Waals surface area contributed by atoms with Gasteiger partial charge in [-0.1, -0.05) is 12.1 Å². The standard InChI is InChI=1S/C12H19N3S/c1-3-8-14-12(13-4-2)15-9-7-11-6-5-10-16-11/h3,5-6,10H,1,4,7-9H2,2H3,(H2,13,14,15). The molecule has 16 heavy (non-hydrogen) atoms. The van der Waals surface area contributed by atoms with Crippen LogP contribution in [0.4, 0.5) is 0 Å². The first-order valence-electron chi connectivity index (χ1n) is 5.52. The molecule has 0 bridgehead atoms. The zero-order chi connectivity index (χ0) is 11.6. The summed E-state index contributed by atoms with van der Waals surface area (Å²) in [5.41, 5.74) is 0. The molecule has 0 saturated carbocycles. The molecular formula is C12H19N3S. The van der Waals surface area contributed by atoms with Crippen LogP contribution in [0.1, 0.15) is 11.8 Å². The Labute approximate surface area is 101 Å². The van der Waals surface area contributed by atoms with E-state index in [2.05, 4.69) is 46.6 Å². The van der Waals surface area contributed by atoms with Crippen LogP contribution in [-0.4, -0.2) is 25.6 Å². The molecule has 0 aliphatic rings. The summed E-state index contributed by atoms with van der Waals surface area (Å²) in [7, 11) is 0. The van der Waals surface area contributed by atoms with E-state index in [-0.39, 0.29) is 0 Å². The first-order chi connectivity index (χ1) is 7.86. The van der Waals surface area contributed by atoms with E-state index in [0.29, 0.717) is 0 Å². The highest BCUT2D eigenvalue weighted by Crippen LogP contribution is 2.08. The van der Waals surface area contributed by atoms with Crippen LogP contribution in [0.2, 0.25) is 0 Å². The molecule has 0 saturated heterocycles. The topological polar surface area (TPSA) is 36.4 Å². The van der Waals surface area contributed by atoms with Gasteiger partial charge in [-0.25, -0.2) is 0 Å². The van der Waals surface area contributed by atoms with Crippen LogP contribution in [0.5, 0.6) is 0 Å². The molecule has 0 aliphatic carbocycles. The molecule has 0 amide bonds. The molecule has 1 heterocycles. The molecule has 0 atom stereocenters. The lowest BCUT2D eigenvalue weighted by Gasteiger charge is -2.08. The van der Waals surface area contributed by atoms with Crippen LogP contribution in [0.3, 0.4) is 0 Å². The number of rotatable bonds is 6. The summed E-state index contributed by atoms with van der Waals surface area (Å²) < 4.78 is 0. The zero-order valence-electron chi connectivity index (χ0n) is 9.70. The van der Waals surface area contributed by atoms with E-state index >= 15 is 0 Å². The van der Waals surface area contributed by atoms with E-state index in [1.165, 1.54) is 4.88 Å². The maximum atomic E-state index is 4.48. The average molecular weight is 237 g/mol. The lowest BCUT2D eigenvalue weighted by molar-refractivity contribution is 0.854. The molecule has 0 fully saturated rings. The fourth-order valence-electron chi connectivity index (χ4n) is 1.24. The molecule has 2 N–H and O–H groups in total. The average Bonchev–Trinajstić information content (AvgIpc) is 2.79. The Hall–Kier alpha value is -1.29. The molecule has 0 spiro atoms. The second kappa shape index (κ2) is 7.93. The van der Waals surface area contributed by atoms with Crippen molar-refractivity contribution in [3.63, 3.8) is 0 Å². The van der Waals surface area contributed by atoms with Crippen molar-refractivity contribution >= 4 is 17.3 Å². The minimum absolute atomic E-state index is 0.741. The minimum atomic E-state index is 0.741. The van der Waals surface area contributed by atoms with Gasteiger partial charge in [0.1, 0.15) is 0 Å². The van der Waals surface area contributed by atoms with Crippen molar-refractivity contribution in [1.82, 2.24) is 10.6 Å². The van der Waals surface area contributed by atoms with Gasteiger partial charge in [0, 0.05) is 30.9 Å². The number of guanidine groups is 1. The van der Waals surface area contributed by atoms with Gasteiger partial charge < -0.3 is 10.6 Å². The van der Waals surface area contributed by atoms with E-state index in [4.69, 9.17) is 0 Å². The lowest BCUT2D eigenvalue weighted by Crippen LogP contribution is -2.37. The Morgan fingerprint density at radius 1 is 1.56 bits per heavy atom. The first-order valence-corrected chi connectivity index (χ1v) is 6.40. The molecule has 1 rings (SSSR count). The van der Waals surface area contributed by atoms with E-state index in [0.717, 1.165) is 32.0 Å². The monoisotopic (exact) mass is 237 g/mol. The summed E-state index contributed by atoms with van der Waals surface area (Å²) in [5, 5.41) is 8.46. The van der Waals surface area contributed by atoms with Gasteiger partial charge >= 0.3 is 0 Å². The Kier molecular flexibility index (Phi) is 6.33. The maximum Gasteiger partial charge on any atom is 0.191 e. The summed E-state index contributed by atoms with van der Waals surface area (Å²) in [5.74, 6) is 0.860. The Morgan fingerprint density at radius 3 is 3.06 bits per heavy atom. The number of hydrogen-bond acceptors (Lipinski definition) is 2. The van der Waals surface area contributed by atoms with Crippen molar-refractivity contribution in [3.05, 3.63) is 35.0 Å². The van der Waals surface area contributed by atoms with Crippen molar-refractivity contribution in [1.29, 1.82) is 0 Å². The van der Waals surface area contributed by atoms with Crippen molar-refractivity contribution in [2.45, 2.75) is 13.3 Å². The largest absolute Gasteiger partial charge is 0.357 e. The van der Waals surface area contributed by atoms with Gasteiger partial charge in [-0.05, 0) is 18.4 Å². The lowest BCUT2D eigenvalue weighted by atomic mass is 10.3. The summed E-state index contributed by atoms with van der Waals surface area (Å²) in [6.45, 7) is 8.16. The summed E-state index contributed by atoms with van der Waals surface area (Å²) in [6.07, 6.45) is 2.83. The normalized spacial score (nSPS) is 11.2. The van der Waals surface area contributed by atoms with Crippen molar-refractivity contribution < 1.29 is 0 Å². The molecular weight excluding hydrogens is 218 g/mol. The molecule has 0 radical (unpaired) electrons. The second-order valence-electron chi connectivity index (χ2n) is 3.26. The Morgan fingerprint density at radius 2 is 2.44 bits per heavy atom. The number of nitrogens with one attached hydrogen (secondary N) is 2. The molecule has 0 aromatic carbocycles. The van der Waals surface area contributed by atoms with Gasteiger partial charge in [0.15, 0.2) is 5.96 Å². The van der Waals surface area contributed by atoms with E-state index < -0.39 is 0 Å². The zero-order valence-corrected chi connectivity index (χ0v) is 10.5. The third-order valence-electron chi connectivity index (χ3n) is 1.97. The number of aliphatic imine (C=N–C) groups is 1. The van der Waals surface area contributed by atoms with E-state index in [9.17, 15) is 0 Å². The van der Waals surface area contributed by atoms with Crippen LogP contribution in [-0.2, 0) is 6.42 Å². The number of hydrogen-bond donors (Lipinski definition) is 2. The highest BCUT2D eigenvalue weighted by atomic mass is 32.1. The van der Waals surface area contributed by atoms with Crippen molar-refractivity contribution in [2.24, 2.45) is 4.99 Å². The van der Waals surface area contributed by atoms with Gasteiger partial charge in [-0.15, -0.1) is 17.9 Å². The molecule has 4 heteroatoms. The van der Waals surface area contributed by atoms with E-state index in [1.807, 2.05) is 6.08 Å². The van der Waals surface area contributed by atoms with E-state index in [1.54, 1.807) is 11.3 Å². The Balaban J connectivity index is 2.34. The maximum absolute atomic E-state index is 4.48. The number of thiophene rings is 1. The highest BCUT2D eigenvalue weighted by Gasteiger charge is 1.95. The highest BCUT2D eigenvalue weighted by molar-refractivity contribution is 7.09. The molecule has 88 valence electrons. The fourth-order valence-corrected chi connectivity index (χ4v) is 1.94. The van der Waals surface area contributed by atoms with Gasteiger partial charge in [0.2, 0.25) is 0 Å². The third kappa shape index (κ3) is 4.98. The van der Waals surface area contributed by atoms with Gasteiger partial charge in [0.25, 0.3) is 0 Å². The quantitative estimate of drug-likeness (QED) is 0.451. The van der Waals surface area contributed by atoms with Crippen LogP contribution >= 0.6 is 11.3 Å². The summed E-state index contributed by atoms with van der Waals surface area (Å²) in [6, 6.07) is 4.22. The molecule has 1 aromatic heterocycles. The first kappa shape index (κ1) is 12.8. The molecule has 3 nitrogen and oxygen atoms in total. The molecule has 0 aliphatic heterocycles. The number of nitrogens with zero attached hydrogens (tertiary/aromatic N) is 1. The van der Waals surface area contributed by atoms with Crippen LogP contribution in [0, 0.1) is 0 Å². The molecule has 1 aromatic rings. The van der Waals surface area contributed by atoms with Gasteiger partial charge in [-0.2, -0.15) is 0 Å². The fraction of sp³-hybridized carbons (Fsp3) is 0.417. The van der Waals surface area contributed by atoms with Crippen LogP contribution < -0.4 is 10.6 Å². The Bertz CT molecular complexity index is 317. The summed E-state index contributed by atoms with van der Waals surface area (Å²) in [4.78, 5) is 5.86. The second-order valence-corrected chi connectivity index (χ2v) is 4.29. The predicted octanol–water partition coefficient (Wildman–Crippen LogP) is 2.03. The smallest absolute Gasteiger partial charge is 0.191 e. The molecule has 0 unspecified atom stereocenters. The van der Waals surface area contributed by atoms with Crippen LogP contribution in [0.15, 0.2) is 35.2 Å². The van der Waals surface area contributed by atoms with Gasteiger partial charge in [-0.3, -0.25) is 4.99 Å². The predicted molar refractivity (Wildman–Crippen MR) is 72.2 cm³/mol. The van der Waals surface area contributed by atoms with Crippen LogP contribution in [0.25, 0.3) is 0 Å².